The minimum absolute atomic E-state index is 0.204. The standard InChI is InChI=1S/C24H20Cl2N4O5/c25-16-6-7-19(26)18(11-16)14-3-1-13(2-4-14)9-17(12-22(31)24(33)34)27-23(32)15-5-8-20-21(10-15)30(35)29-28-20/h1-8,10-11,17,22,31,35H,9,12H2,(H,27,32)(H,33,34)/t17-,22-/m0/s1. The van der Waals surface area contributed by atoms with Crippen LogP contribution in [0.1, 0.15) is 22.3 Å². The van der Waals surface area contributed by atoms with Crippen LogP contribution in [0.3, 0.4) is 0 Å². The van der Waals surface area contributed by atoms with E-state index in [0.717, 1.165) is 16.7 Å². The fraction of sp³-hybridized carbons (Fsp3) is 0.167. The zero-order valence-electron chi connectivity index (χ0n) is 18.1. The zero-order valence-corrected chi connectivity index (χ0v) is 19.6. The average molecular weight is 515 g/mol. The molecular weight excluding hydrogens is 495 g/mol. The predicted octanol–water partition coefficient (Wildman–Crippen LogP) is 3.82. The van der Waals surface area contributed by atoms with Crippen molar-refractivity contribution in [3.63, 3.8) is 0 Å². The predicted molar refractivity (Wildman–Crippen MR) is 130 cm³/mol. The van der Waals surface area contributed by atoms with E-state index in [9.17, 15) is 19.9 Å². The number of nitrogens with one attached hydrogen (secondary N) is 1. The number of aliphatic hydroxyl groups excluding tert-OH is 1. The van der Waals surface area contributed by atoms with Crippen molar-refractivity contribution in [3.05, 3.63) is 81.8 Å². The summed E-state index contributed by atoms with van der Waals surface area (Å²) >= 11 is 12.4. The molecule has 0 unspecified atom stereocenters. The van der Waals surface area contributed by atoms with Gasteiger partial charge >= 0.3 is 5.97 Å². The molecule has 0 aliphatic carbocycles. The monoisotopic (exact) mass is 514 g/mol. The molecule has 0 spiro atoms. The molecule has 4 aromatic rings. The Balaban J connectivity index is 1.54. The number of hydrogen-bond donors (Lipinski definition) is 4. The lowest BCUT2D eigenvalue weighted by atomic mass is 9.97. The van der Waals surface area contributed by atoms with Gasteiger partial charge in [0.05, 0.1) is 0 Å². The van der Waals surface area contributed by atoms with Crippen molar-refractivity contribution in [3.8, 4) is 11.1 Å². The van der Waals surface area contributed by atoms with Crippen LogP contribution in [0.15, 0.2) is 60.7 Å². The number of fused-ring (bicyclic) bond motifs is 1. The summed E-state index contributed by atoms with van der Waals surface area (Å²) in [5.74, 6) is -1.88. The van der Waals surface area contributed by atoms with Crippen molar-refractivity contribution in [2.24, 2.45) is 0 Å². The first-order chi connectivity index (χ1) is 16.7. The summed E-state index contributed by atoms with van der Waals surface area (Å²) < 4.78 is 0. The van der Waals surface area contributed by atoms with E-state index in [0.29, 0.717) is 20.4 Å². The molecule has 0 saturated heterocycles. The Morgan fingerprint density at radius 2 is 1.77 bits per heavy atom. The van der Waals surface area contributed by atoms with Gasteiger partial charge in [0, 0.05) is 33.6 Å². The Bertz CT molecular complexity index is 1390. The van der Waals surface area contributed by atoms with Gasteiger partial charge in [0.2, 0.25) is 0 Å². The van der Waals surface area contributed by atoms with Crippen LogP contribution < -0.4 is 5.32 Å². The Labute approximate surface area is 209 Å². The van der Waals surface area contributed by atoms with Crippen LogP contribution in [0.25, 0.3) is 22.2 Å². The molecule has 1 amide bonds. The highest BCUT2D eigenvalue weighted by molar-refractivity contribution is 6.35. The summed E-state index contributed by atoms with van der Waals surface area (Å²) in [6.07, 6.45) is -1.60. The van der Waals surface area contributed by atoms with Gasteiger partial charge in [-0.1, -0.05) is 52.3 Å². The van der Waals surface area contributed by atoms with Crippen LogP contribution in [-0.2, 0) is 11.2 Å². The summed E-state index contributed by atoms with van der Waals surface area (Å²) in [5.41, 5.74) is 3.29. The molecule has 0 bridgehead atoms. The molecule has 0 radical (unpaired) electrons. The van der Waals surface area contributed by atoms with E-state index in [-0.39, 0.29) is 23.9 Å². The van der Waals surface area contributed by atoms with Crippen molar-refractivity contribution < 1.29 is 25.0 Å². The first kappa shape index (κ1) is 24.5. The lowest BCUT2D eigenvalue weighted by Crippen LogP contribution is -2.40. The number of benzene rings is 3. The molecule has 0 saturated carbocycles. The summed E-state index contributed by atoms with van der Waals surface area (Å²) in [7, 11) is 0. The Hall–Kier alpha value is -3.66. The summed E-state index contributed by atoms with van der Waals surface area (Å²) in [5, 5.41) is 39.9. The Kier molecular flexibility index (Phi) is 7.20. The molecule has 0 aliphatic rings. The molecule has 11 heteroatoms. The van der Waals surface area contributed by atoms with Crippen LogP contribution in [0, 0.1) is 0 Å². The quantitative estimate of drug-likeness (QED) is 0.262. The molecule has 9 nitrogen and oxygen atoms in total. The number of halogens is 2. The maximum Gasteiger partial charge on any atom is 0.332 e. The van der Waals surface area contributed by atoms with Gasteiger partial charge < -0.3 is 20.7 Å². The highest BCUT2D eigenvalue weighted by atomic mass is 35.5. The third-order valence-electron chi connectivity index (χ3n) is 5.49. The number of rotatable bonds is 8. The van der Waals surface area contributed by atoms with Crippen LogP contribution >= 0.6 is 23.2 Å². The number of carboxylic acids is 1. The normalized spacial score (nSPS) is 12.9. The van der Waals surface area contributed by atoms with Gasteiger partial charge in [-0.05, 0) is 59.2 Å². The minimum atomic E-state index is -1.66. The molecular formula is C24H20Cl2N4O5. The molecule has 4 rings (SSSR count). The zero-order chi connectivity index (χ0) is 25.1. The van der Waals surface area contributed by atoms with Crippen molar-refractivity contribution in [1.29, 1.82) is 0 Å². The fourth-order valence-electron chi connectivity index (χ4n) is 3.70. The SMILES string of the molecule is O=C(N[C@@H](Cc1ccc(-c2cc(Cl)ccc2Cl)cc1)C[C@H](O)C(=O)O)c1ccc2nnn(O)c2c1. The number of aromatic nitrogens is 3. The van der Waals surface area contributed by atoms with Gasteiger partial charge in [0.1, 0.15) is 11.0 Å². The van der Waals surface area contributed by atoms with Crippen molar-refractivity contribution in [1.82, 2.24) is 20.5 Å². The fourth-order valence-corrected chi connectivity index (χ4v) is 4.10. The molecule has 180 valence electrons. The second-order valence-electron chi connectivity index (χ2n) is 7.97. The van der Waals surface area contributed by atoms with Gasteiger partial charge in [0.25, 0.3) is 5.91 Å². The smallest absolute Gasteiger partial charge is 0.332 e. The Morgan fingerprint density at radius 1 is 1.03 bits per heavy atom. The van der Waals surface area contributed by atoms with Gasteiger partial charge in [-0.2, -0.15) is 0 Å². The molecule has 1 heterocycles. The molecule has 0 aliphatic heterocycles. The van der Waals surface area contributed by atoms with E-state index in [2.05, 4.69) is 15.6 Å². The van der Waals surface area contributed by atoms with Gasteiger partial charge in [-0.25, -0.2) is 4.79 Å². The molecule has 1 aromatic heterocycles. The van der Waals surface area contributed by atoms with Crippen molar-refractivity contribution in [2.45, 2.75) is 25.0 Å². The number of aliphatic hydroxyl groups is 1. The number of carboxylic acid groups (broad SMARTS) is 1. The van der Waals surface area contributed by atoms with Crippen LogP contribution in [0.4, 0.5) is 0 Å². The molecule has 3 aromatic carbocycles. The maximum absolute atomic E-state index is 12.9. The number of aliphatic carboxylic acids is 1. The summed E-state index contributed by atoms with van der Waals surface area (Å²) in [6.45, 7) is 0. The largest absolute Gasteiger partial charge is 0.479 e. The maximum atomic E-state index is 12.9. The van der Waals surface area contributed by atoms with E-state index in [1.807, 2.05) is 24.3 Å². The number of hydrogen-bond acceptors (Lipinski definition) is 6. The molecule has 35 heavy (non-hydrogen) atoms. The topological polar surface area (TPSA) is 138 Å². The van der Waals surface area contributed by atoms with Gasteiger partial charge in [-0.3, -0.25) is 4.79 Å². The second kappa shape index (κ2) is 10.3. The Morgan fingerprint density at radius 3 is 2.49 bits per heavy atom. The number of carbonyl (C=O) groups excluding carboxylic acids is 1. The van der Waals surface area contributed by atoms with E-state index >= 15 is 0 Å². The van der Waals surface area contributed by atoms with Crippen molar-refractivity contribution in [2.75, 3.05) is 0 Å². The number of carbonyl (C=O) groups is 2. The third kappa shape index (κ3) is 5.71. The van der Waals surface area contributed by atoms with Crippen LogP contribution in [0.5, 0.6) is 0 Å². The van der Waals surface area contributed by atoms with Crippen LogP contribution in [-0.4, -0.2) is 54.6 Å². The van der Waals surface area contributed by atoms with E-state index in [1.54, 1.807) is 18.2 Å². The second-order valence-corrected chi connectivity index (χ2v) is 8.81. The van der Waals surface area contributed by atoms with E-state index in [4.69, 9.17) is 28.3 Å². The highest BCUT2D eigenvalue weighted by Crippen LogP contribution is 2.31. The summed E-state index contributed by atoms with van der Waals surface area (Å²) in [6, 6.07) is 16.3. The summed E-state index contributed by atoms with van der Waals surface area (Å²) in [4.78, 5) is 24.7. The van der Waals surface area contributed by atoms with E-state index in [1.165, 1.54) is 18.2 Å². The third-order valence-corrected chi connectivity index (χ3v) is 6.06. The molecule has 4 N–H and O–H groups in total. The first-order valence-electron chi connectivity index (χ1n) is 10.5. The number of amides is 1. The lowest BCUT2D eigenvalue weighted by Gasteiger charge is -2.21. The molecule has 0 fully saturated rings. The van der Waals surface area contributed by atoms with E-state index < -0.39 is 24.0 Å². The molecule has 2 atom stereocenters. The highest BCUT2D eigenvalue weighted by Gasteiger charge is 2.23. The minimum Gasteiger partial charge on any atom is -0.479 e. The lowest BCUT2D eigenvalue weighted by molar-refractivity contribution is -0.147. The number of nitrogens with zero attached hydrogens (tertiary/aromatic N) is 3. The van der Waals surface area contributed by atoms with Gasteiger partial charge in [-0.15, -0.1) is 5.10 Å². The first-order valence-corrected chi connectivity index (χ1v) is 11.3. The van der Waals surface area contributed by atoms with Crippen molar-refractivity contribution >= 4 is 46.1 Å². The van der Waals surface area contributed by atoms with Crippen LogP contribution in [0.2, 0.25) is 10.0 Å². The average Bonchev–Trinajstić information content (AvgIpc) is 3.21. The van der Waals surface area contributed by atoms with Gasteiger partial charge in [0.15, 0.2) is 6.10 Å².